The van der Waals surface area contributed by atoms with Gasteiger partial charge in [0.25, 0.3) is 0 Å². The summed E-state index contributed by atoms with van der Waals surface area (Å²) in [6.45, 7) is 7.42. The van der Waals surface area contributed by atoms with Crippen LogP contribution in [0.2, 0.25) is 0 Å². The normalized spacial score (nSPS) is 12.4. The van der Waals surface area contributed by atoms with Gasteiger partial charge in [0.1, 0.15) is 5.75 Å². The van der Waals surface area contributed by atoms with Crippen LogP contribution in [0.1, 0.15) is 35.2 Å². The highest BCUT2D eigenvalue weighted by Crippen LogP contribution is 2.31. The van der Waals surface area contributed by atoms with Crippen LogP contribution in [0, 0.1) is 20.8 Å². The first-order valence-electron chi connectivity index (χ1n) is 5.30. The van der Waals surface area contributed by atoms with Crippen molar-refractivity contribution in [1.82, 2.24) is 0 Å². The Morgan fingerprint density at radius 3 is 2.31 bits per heavy atom. The fraction of sp³-hybridized carbons (Fsp3) is 0.462. The molecule has 0 radical (unpaired) electrons. The number of hydrogen-bond donors (Lipinski definition) is 1. The third-order valence-electron chi connectivity index (χ3n) is 3.04. The highest BCUT2D eigenvalue weighted by atomic mass is 16.5. The predicted molar refractivity (Wildman–Crippen MR) is 64.8 cm³/mol. The molecule has 0 fully saturated rings. The Morgan fingerprint density at radius 1 is 1.31 bits per heavy atom. The average molecular weight is 221 g/mol. The summed E-state index contributed by atoms with van der Waals surface area (Å²) < 4.78 is 5.33. The molecule has 0 saturated carbocycles. The number of methoxy groups -OCH3 is 1. The molecule has 0 aliphatic rings. The molecule has 0 saturated heterocycles. The van der Waals surface area contributed by atoms with Crippen molar-refractivity contribution in [2.45, 2.75) is 33.7 Å². The first-order chi connectivity index (χ1) is 7.40. The van der Waals surface area contributed by atoms with Gasteiger partial charge in [-0.25, -0.2) is 0 Å². The van der Waals surface area contributed by atoms with Crippen LogP contribution in [0.3, 0.4) is 0 Å². The summed E-state index contributed by atoms with van der Waals surface area (Å²) in [5, 5.41) is 0. The van der Waals surface area contributed by atoms with E-state index in [2.05, 4.69) is 0 Å². The average Bonchev–Trinajstić information content (AvgIpc) is 2.23. The van der Waals surface area contributed by atoms with Gasteiger partial charge in [-0.1, -0.05) is 6.07 Å². The number of nitrogens with two attached hydrogens (primary N) is 1. The summed E-state index contributed by atoms with van der Waals surface area (Å²) in [6, 6.07) is 1.40. The summed E-state index contributed by atoms with van der Waals surface area (Å²) in [5.74, 6) is 0.851. The number of rotatable bonds is 3. The third kappa shape index (κ3) is 2.09. The van der Waals surface area contributed by atoms with Crippen molar-refractivity contribution in [1.29, 1.82) is 0 Å². The van der Waals surface area contributed by atoms with Gasteiger partial charge in [0.15, 0.2) is 5.78 Å². The van der Waals surface area contributed by atoms with E-state index >= 15 is 0 Å². The highest BCUT2D eigenvalue weighted by Gasteiger charge is 2.18. The largest absolute Gasteiger partial charge is 0.496 e. The van der Waals surface area contributed by atoms with Gasteiger partial charge >= 0.3 is 0 Å². The molecule has 88 valence electrons. The van der Waals surface area contributed by atoms with Gasteiger partial charge in [0.2, 0.25) is 0 Å². The molecule has 1 aromatic rings. The highest BCUT2D eigenvalue weighted by molar-refractivity contribution is 5.83. The number of aryl methyl sites for hydroxylation is 1. The van der Waals surface area contributed by atoms with Gasteiger partial charge in [0, 0.05) is 0 Å². The van der Waals surface area contributed by atoms with Crippen LogP contribution < -0.4 is 10.5 Å². The number of carbonyl (C=O) groups excluding carboxylic acids is 1. The number of Topliss-reactive ketones (excluding diaryl/α,β-unsaturated/α-hetero) is 1. The molecular weight excluding hydrogens is 202 g/mol. The number of carbonyl (C=O) groups is 1. The Labute approximate surface area is 96.6 Å². The Kier molecular flexibility index (Phi) is 3.70. The van der Waals surface area contributed by atoms with E-state index in [1.165, 1.54) is 6.92 Å². The molecule has 0 aliphatic heterocycles. The Balaban J connectivity index is 3.39. The second kappa shape index (κ2) is 4.66. The minimum Gasteiger partial charge on any atom is -0.496 e. The van der Waals surface area contributed by atoms with Crippen molar-refractivity contribution in [3.63, 3.8) is 0 Å². The Hall–Kier alpha value is -1.35. The lowest BCUT2D eigenvalue weighted by Gasteiger charge is -2.18. The molecule has 16 heavy (non-hydrogen) atoms. The number of benzene rings is 1. The second-order valence-corrected chi connectivity index (χ2v) is 4.15. The molecular formula is C13H19NO2. The van der Waals surface area contributed by atoms with Gasteiger partial charge in [0.05, 0.1) is 13.2 Å². The van der Waals surface area contributed by atoms with E-state index in [9.17, 15) is 4.79 Å². The van der Waals surface area contributed by atoms with Crippen LogP contribution >= 0.6 is 0 Å². The molecule has 3 nitrogen and oxygen atoms in total. The van der Waals surface area contributed by atoms with Crippen LogP contribution in [-0.2, 0) is 4.79 Å². The topological polar surface area (TPSA) is 52.3 Å². The number of hydrogen-bond acceptors (Lipinski definition) is 3. The van der Waals surface area contributed by atoms with Crippen molar-refractivity contribution in [2.75, 3.05) is 7.11 Å². The zero-order valence-corrected chi connectivity index (χ0v) is 10.5. The van der Waals surface area contributed by atoms with Crippen molar-refractivity contribution in [2.24, 2.45) is 5.73 Å². The smallest absolute Gasteiger partial charge is 0.150 e. The van der Waals surface area contributed by atoms with Crippen LogP contribution in [0.25, 0.3) is 0 Å². The van der Waals surface area contributed by atoms with E-state index in [0.29, 0.717) is 0 Å². The van der Waals surface area contributed by atoms with Crippen molar-refractivity contribution in [3.8, 4) is 5.75 Å². The molecule has 3 heteroatoms. The molecule has 1 rings (SSSR count). The van der Waals surface area contributed by atoms with Gasteiger partial charge in [-0.05, 0) is 49.9 Å². The fourth-order valence-electron chi connectivity index (χ4n) is 1.95. The van der Waals surface area contributed by atoms with E-state index in [4.69, 9.17) is 10.5 Å². The molecule has 0 aromatic heterocycles. The maximum absolute atomic E-state index is 11.3. The number of ketones is 1. The fourth-order valence-corrected chi connectivity index (χ4v) is 1.95. The van der Waals surface area contributed by atoms with E-state index in [-0.39, 0.29) is 5.78 Å². The predicted octanol–water partition coefficient (Wildman–Crippen LogP) is 2.21. The maximum Gasteiger partial charge on any atom is 0.150 e. The minimum absolute atomic E-state index is 0.0212. The van der Waals surface area contributed by atoms with Gasteiger partial charge in [-0.15, -0.1) is 0 Å². The van der Waals surface area contributed by atoms with E-state index in [1.54, 1.807) is 7.11 Å². The van der Waals surface area contributed by atoms with Crippen LogP contribution in [0.4, 0.5) is 0 Å². The summed E-state index contributed by atoms with van der Waals surface area (Å²) >= 11 is 0. The van der Waals surface area contributed by atoms with E-state index in [0.717, 1.165) is 28.0 Å². The quantitative estimate of drug-likeness (QED) is 0.851. The van der Waals surface area contributed by atoms with Gasteiger partial charge < -0.3 is 10.5 Å². The summed E-state index contributed by atoms with van der Waals surface area (Å²) in [6.07, 6.45) is 0. The van der Waals surface area contributed by atoms with E-state index in [1.807, 2.05) is 26.8 Å². The first kappa shape index (κ1) is 12.7. The SMILES string of the molecule is COc1c(C)cc(C(N)C(C)=O)c(C)c1C. The Bertz CT molecular complexity index is 424. The first-order valence-corrected chi connectivity index (χ1v) is 5.30. The minimum atomic E-state index is -0.539. The molecule has 0 aliphatic carbocycles. The lowest BCUT2D eigenvalue weighted by molar-refractivity contribution is -0.118. The van der Waals surface area contributed by atoms with Crippen LogP contribution in [0.15, 0.2) is 6.07 Å². The molecule has 1 unspecified atom stereocenters. The monoisotopic (exact) mass is 221 g/mol. The molecule has 2 N–H and O–H groups in total. The lowest BCUT2D eigenvalue weighted by atomic mass is 9.93. The van der Waals surface area contributed by atoms with Crippen molar-refractivity contribution < 1.29 is 9.53 Å². The second-order valence-electron chi connectivity index (χ2n) is 4.15. The summed E-state index contributed by atoms with van der Waals surface area (Å²) in [4.78, 5) is 11.3. The molecule has 1 aromatic carbocycles. The van der Waals surface area contributed by atoms with Gasteiger partial charge in [-0.3, -0.25) is 4.79 Å². The van der Waals surface area contributed by atoms with Crippen LogP contribution in [-0.4, -0.2) is 12.9 Å². The maximum atomic E-state index is 11.3. The zero-order valence-electron chi connectivity index (χ0n) is 10.5. The summed E-state index contributed by atoms with van der Waals surface area (Å²) in [7, 11) is 1.65. The molecule has 0 bridgehead atoms. The zero-order chi connectivity index (χ0) is 12.5. The number of ether oxygens (including phenoxy) is 1. The lowest BCUT2D eigenvalue weighted by Crippen LogP contribution is -2.20. The molecule has 1 atom stereocenters. The molecule has 0 heterocycles. The molecule has 0 spiro atoms. The van der Waals surface area contributed by atoms with E-state index < -0.39 is 6.04 Å². The standard InChI is InChI=1S/C13H19NO2/c1-7-6-11(12(14)10(4)15)8(2)9(3)13(7)16-5/h6,12H,14H2,1-5H3. The van der Waals surface area contributed by atoms with Gasteiger partial charge in [-0.2, -0.15) is 0 Å². The van der Waals surface area contributed by atoms with Crippen LogP contribution in [0.5, 0.6) is 5.75 Å². The van der Waals surface area contributed by atoms with Crippen molar-refractivity contribution >= 4 is 5.78 Å². The molecule has 0 amide bonds. The Morgan fingerprint density at radius 2 is 1.88 bits per heavy atom. The third-order valence-corrected chi connectivity index (χ3v) is 3.04. The summed E-state index contributed by atoms with van der Waals surface area (Å²) in [5.41, 5.74) is 9.86. The van der Waals surface area contributed by atoms with Crippen molar-refractivity contribution in [3.05, 3.63) is 28.3 Å².